The van der Waals surface area contributed by atoms with E-state index >= 15 is 0 Å². The summed E-state index contributed by atoms with van der Waals surface area (Å²) >= 11 is 1.61. The van der Waals surface area contributed by atoms with Crippen LogP contribution in [0.3, 0.4) is 0 Å². The highest BCUT2D eigenvalue weighted by Crippen LogP contribution is 2.07. The van der Waals surface area contributed by atoms with Gasteiger partial charge in [0.05, 0.1) is 12.5 Å². The minimum Gasteiger partial charge on any atom is -0.472 e. The number of nitrogens with one attached hydrogen (secondary N) is 1. The predicted octanol–water partition coefficient (Wildman–Crippen LogP) is 2.71. The van der Waals surface area contributed by atoms with Gasteiger partial charge in [-0.15, -0.1) is 0 Å². The summed E-state index contributed by atoms with van der Waals surface area (Å²) in [5.74, 6) is -0.0697. The van der Waals surface area contributed by atoms with Gasteiger partial charge in [-0.3, -0.25) is 4.79 Å². The van der Waals surface area contributed by atoms with Crippen molar-refractivity contribution in [1.29, 1.82) is 0 Å². The van der Waals surface area contributed by atoms with Gasteiger partial charge >= 0.3 is 0 Å². The van der Waals surface area contributed by atoms with Crippen molar-refractivity contribution >= 4 is 23.3 Å². The van der Waals surface area contributed by atoms with Crippen LogP contribution in [0, 0.1) is 0 Å². The van der Waals surface area contributed by atoms with Gasteiger partial charge in [-0.25, -0.2) is 0 Å². The Bertz CT molecular complexity index is 472. The molecule has 0 aliphatic carbocycles. The van der Waals surface area contributed by atoms with Crippen LogP contribution in [0.25, 0.3) is 6.08 Å². The molecule has 0 aliphatic heterocycles. The number of carbonyl (C=O) groups is 1. The summed E-state index contributed by atoms with van der Waals surface area (Å²) in [6.07, 6.45) is 7.47. The third-order valence-electron chi connectivity index (χ3n) is 2.26. The van der Waals surface area contributed by atoms with Crippen LogP contribution in [-0.4, -0.2) is 12.5 Å². The molecule has 2 rings (SSSR count). The van der Waals surface area contributed by atoms with E-state index in [0.29, 0.717) is 6.54 Å². The first-order valence-electron chi connectivity index (χ1n) is 5.34. The van der Waals surface area contributed by atoms with Crippen LogP contribution in [0.2, 0.25) is 0 Å². The van der Waals surface area contributed by atoms with Crippen molar-refractivity contribution in [2.75, 3.05) is 6.54 Å². The van der Waals surface area contributed by atoms with Crippen molar-refractivity contribution in [2.24, 2.45) is 0 Å². The van der Waals surface area contributed by atoms with E-state index in [1.165, 1.54) is 0 Å². The molecular weight excluding hydrogens is 234 g/mol. The zero-order chi connectivity index (χ0) is 11.9. The zero-order valence-electron chi connectivity index (χ0n) is 9.26. The Balaban J connectivity index is 1.71. The van der Waals surface area contributed by atoms with E-state index in [9.17, 15) is 4.79 Å². The predicted molar refractivity (Wildman–Crippen MR) is 68.8 cm³/mol. The van der Waals surface area contributed by atoms with Crippen LogP contribution in [0.15, 0.2) is 45.9 Å². The summed E-state index contributed by atoms with van der Waals surface area (Å²) in [4.78, 5) is 11.4. The molecule has 2 heterocycles. The van der Waals surface area contributed by atoms with Crippen molar-refractivity contribution < 1.29 is 9.21 Å². The maximum Gasteiger partial charge on any atom is 0.244 e. The Morgan fingerprint density at radius 3 is 3.12 bits per heavy atom. The number of rotatable bonds is 5. The molecule has 0 fully saturated rings. The van der Waals surface area contributed by atoms with Gasteiger partial charge in [0, 0.05) is 12.6 Å². The minimum atomic E-state index is -0.0697. The van der Waals surface area contributed by atoms with E-state index < -0.39 is 0 Å². The fourth-order valence-electron chi connectivity index (χ4n) is 1.37. The number of carbonyl (C=O) groups excluding carboxylic acids is 1. The highest BCUT2D eigenvalue weighted by molar-refractivity contribution is 7.08. The number of thiophene rings is 1. The Labute approximate surface area is 104 Å². The Morgan fingerprint density at radius 1 is 1.47 bits per heavy atom. The summed E-state index contributed by atoms with van der Waals surface area (Å²) in [5, 5.41) is 6.80. The summed E-state index contributed by atoms with van der Waals surface area (Å²) < 4.78 is 4.94. The van der Waals surface area contributed by atoms with E-state index in [4.69, 9.17) is 4.42 Å². The van der Waals surface area contributed by atoms with Crippen molar-refractivity contribution in [3.63, 3.8) is 0 Å². The normalized spacial score (nSPS) is 10.8. The Hall–Kier alpha value is -1.81. The molecule has 2 aromatic heterocycles. The van der Waals surface area contributed by atoms with Gasteiger partial charge in [-0.2, -0.15) is 11.3 Å². The smallest absolute Gasteiger partial charge is 0.244 e. The van der Waals surface area contributed by atoms with Crippen molar-refractivity contribution in [2.45, 2.75) is 6.42 Å². The average Bonchev–Trinajstić information content (AvgIpc) is 2.99. The van der Waals surface area contributed by atoms with Gasteiger partial charge in [0.2, 0.25) is 5.91 Å². The summed E-state index contributed by atoms with van der Waals surface area (Å²) in [7, 11) is 0. The lowest BCUT2D eigenvalue weighted by molar-refractivity contribution is -0.116. The van der Waals surface area contributed by atoms with Crippen LogP contribution in [0.5, 0.6) is 0 Å². The molecular formula is C13H13NO2S. The molecule has 1 N–H and O–H groups in total. The molecule has 0 bridgehead atoms. The van der Waals surface area contributed by atoms with E-state index in [1.807, 2.05) is 29.0 Å². The molecule has 0 atom stereocenters. The van der Waals surface area contributed by atoms with Crippen LogP contribution in [0.1, 0.15) is 11.1 Å². The second-order valence-electron chi connectivity index (χ2n) is 3.56. The van der Waals surface area contributed by atoms with Crippen molar-refractivity contribution in [3.8, 4) is 0 Å². The van der Waals surface area contributed by atoms with E-state index in [1.54, 1.807) is 29.9 Å². The molecule has 0 radical (unpaired) electrons. The standard InChI is InChI=1S/C13H13NO2S/c15-13(2-1-12-5-8-17-10-12)14-6-3-11-4-7-16-9-11/h1-2,4-5,7-10H,3,6H2,(H,14,15). The Kier molecular flexibility index (Phi) is 4.16. The molecule has 0 saturated heterocycles. The lowest BCUT2D eigenvalue weighted by Gasteiger charge is -1.99. The van der Waals surface area contributed by atoms with Crippen LogP contribution < -0.4 is 5.32 Å². The molecule has 3 nitrogen and oxygen atoms in total. The van der Waals surface area contributed by atoms with Gasteiger partial charge in [0.25, 0.3) is 0 Å². The monoisotopic (exact) mass is 247 g/mol. The first-order valence-corrected chi connectivity index (χ1v) is 6.28. The fraction of sp³-hybridized carbons (Fsp3) is 0.154. The highest BCUT2D eigenvalue weighted by Gasteiger charge is 1.97. The molecule has 0 unspecified atom stereocenters. The fourth-order valence-corrected chi connectivity index (χ4v) is 1.99. The molecule has 88 valence electrons. The summed E-state index contributed by atoms with van der Waals surface area (Å²) in [6, 6.07) is 3.87. The third-order valence-corrected chi connectivity index (χ3v) is 2.96. The largest absolute Gasteiger partial charge is 0.472 e. The molecule has 1 amide bonds. The number of hydrogen-bond acceptors (Lipinski definition) is 3. The van der Waals surface area contributed by atoms with E-state index in [-0.39, 0.29) is 5.91 Å². The maximum absolute atomic E-state index is 11.4. The highest BCUT2D eigenvalue weighted by atomic mass is 32.1. The number of amides is 1. The summed E-state index contributed by atoms with van der Waals surface area (Å²) in [6.45, 7) is 0.617. The second-order valence-corrected chi connectivity index (χ2v) is 4.34. The summed E-state index contributed by atoms with van der Waals surface area (Å²) in [5.41, 5.74) is 2.15. The third kappa shape index (κ3) is 3.92. The molecule has 17 heavy (non-hydrogen) atoms. The maximum atomic E-state index is 11.4. The van der Waals surface area contributed by atoms with E-state index in [0.717, 1.165) is 17.5 Å². The number of hydrogen-bond donors (Lipinski definition) is 1. The topological polar surface area (TPSA) is 42.2 Å². The van der Waals surface area contributed by atoms with Crippen LogP contribution >= 0.6 is 11.3 Å². The van der Waals surface area contributed by atoms with Gasteiger partial charge in [0.15, 0.2) is 0 Å². The lowest BCUT2D eigenvalue weighted by atomic mass is 10.2. The average molecular weight is 247 g/mol. The number of furan rings is 1. The molecule has 0 aliphatic rings. The zero-order valence-corrected chi connectivity index (χ0v) is 10.1. The molecule has 0 saturated carbocycles. The van der Waals surface area contributed by atoms with Gasteiger partial charge in [-0.05, 0) is 46.5 Å². The molecule has 0 spiro atoms. The first kappa shape index (κ1) is 11.7. The first-order chi connectivity index (χ1) is 8.34. The SMILES string of the molecule is O=C(C=Cc1ccsc1)NCCc1ccoc1. The van der Waals surface area contributed by atoms with Gasteiger partial charge in [0.1, 0.15) is 0 Å². The van der Waals surface area contributed by atoms with Gasteiger partial charge < -0.3 is 9.73 Å². The van der Waals surface area contributed by atoms with Crippen LogP contribution in [-0.2, 0) is 11.2 Å². The molecule has 2 aromatic rings. The lowest BCUT2D eigenvalue weighted by Crippen LogP contribution is -2.23. The minimum absolute atomic E-state index is 0.0697. The van der Waals surface area contributed by atoms with Gasteiger partial charge in [-0.1, -0.05) is 0 Å². The Morgan fingerprint density at radius 2 is 2.41 bits per heavy atom. The second kappa shape index (κ2) is 6.06. The van der Waals surface area contributed by atoms with Crippen LogP contribution in [0.4, 0.5) is 0 Å². The molecule has 4 heteroatoms. The molecule has 0 aromatic carbocycles. The van der Waals surface area contributed by atoms with E-state index in [2.05, 4.69) is 5.32 Å². The quantitative estimate of drug-likeness (QED) is 0.825. The van der Waals surface area contributed by atoms with Crippen molar-refractivity contribution in [3.05, 3.63) is 52.6 Å². The van der Waals surface area contributed by atoms with Crippen molar-refractivity contribution in [1.82, 2.24) is 5.32 Å².